The first-order chi connectivity index (χ1) is 28.9. The topological polar surface area (TPSA) is 9.72 Å². The molecule has 0 aliphatic heterocycles. The summed E-state index contributed by atoms with van der Waals surface area (Å²) in [4.78, 5) is 7.02. The number of unbranched alkanes of at least 4 members (excludes halogenated alkanes) is 3. The van der Waals surface area contributed by atoms with Gasteiger partial charge in [-0.3, -0.25) is 0 Å². The number of hydrogen-bond acceptors (Lipinski definition) is 3. The molecule has 0 heterocycles. The molecular formula is C55H58BN3. The van der Waals surface area contributed by atoms with Gasteiger partial charge in [-0.15, -0.1) is 0 Å². The van der Waals surface area contributed by atoms with Crippen LogP contribution in [0.25, 0.3) is 0 Å². The first kappa shape index (κ1) is 41.2. The first-order valence-corrected chi connectivity index (χ1v) is 21.7. The van der Waals surface area contributed by atoms with Crippen LogP contribution in [0.4, 0.5) is 51.2 Å². The van der Waals surface area contributed by atoms with E-state index < -0.39 is 0 Å². The zero-order chi connectivity index (χ0) is 41.0. The lowest BCUT2D eigenvalue weighted by atomic mass is 9.96. The maximum Gasteiger partial charge on any atom is 0.113 e. The van der Waals surface area contributed by atoms with Gasteiger partial charge in [0.25, 0.3) is 0 Å². The predicted octanol–water partition coefficient (Wildman–Crippen LogP) is 15.2. The zero-order valence-corrected chi connectivity index (χ0v) is 35.4. The van der Waals surface area contributed by atoms with E-state index in [1.165, 1.54) is 60.8 Å². The lowest BCUT2D eigenvalue weighted by Crippen LogP contribution is -2.14. The average molecular weight is 772 g/mol. The highest BCUT2D eigenvalue weighted by Gasteiger charge is 2.18. The minimum Gasteiger partial charge on any atom is -0.311 e. The monoisotopic (exact) mass is 771 g/mol. The van der Waals surface area contributed by atoms with Crippen LogP contribution in [0.3, 0.4) is 0 Å². The Morgan fingerprint density at radius 2 is 0.508 bits per heavy atom. The highest BCUT2D eigenvalue weighted by molar-refractivity contribution is 6.32. The van der Waals surface area contributed by atoms with E-state index >= 15 is 0 Å². The smallest absolute Gasteiger partial charge is 0.113 e. The van der Waals surface area contributed by atoms with Gasteiger partial charge in [-0.1, -0.05) is 112 Å². The summed E-state index contributed by atoms with van der Waals surface area (Å²) < 4.78 is 0. The van der Waals surface area contributed by atoms with Crippen molar-refractivity contribution < 1.29 is 0 Å². The van der Waals surface area contributed by atoms with Crippen LogP contribution < -0.4 is 20.2 Å². The predicted molar refractivity (Wildman–Crippen MR) is 256 cm³/mol. The second kappa shape index (κ2) is 20.1. The Bertz CT molecular complexity index is 2260. The SMILES string of the molecule is [B]c1ccc(N(c2ccc(N(c3ccc(C)cc3)c3ccc(CCCC)cc3)cc2)c2ccc(N(c3ccc(CCCC)cc3)c3ccc(CCCC)cc3)cc2)cc1. The standard InChI is InChI=1S/C55H58BN3/c1-5-8-11-43-16-26-48(27-17-43)57(47-24-14-42(4)15-25-47)52-34-38-54(39-35-52)59(51-32-22-46(56)23-33-51)55-40-36-53(37-41-55)58(49-28-18-44(19-29-49)12-9-6-2)50-30-20-45(21-31-50)13-10-7-3/h14-41H,5-13H2,1-4H3. The lowest BCUT2D eigenvalue weighted by molar-refractivity contribution is 0.795. The minimum absolute atomic E-state index is 0.742. The molecule has 7 rings (SSSR count). The van der Waals surface area contributed by atoms with Crippen molar-refractivity contribution in [3.8, 4) is 0 Å². The molecule has 0 saturated heterocycles. The normalized spacial score (nSPS) is 11.1. The minimum atomic E-state index is 0.742. The number of hydrogen-bond donors (Lipinski definition) is 0. The summed E-state index contributed by atoms with van der Waals surface area (Å²) in [5.41, 5.74) is 16.1. The number of nitrogens with zero attached hydrogens (tertiary/aromatic N) is 3. The molecule has 59 heavy (non-hydrogen) atoms. The van der Waals surface area contributed by atoms with Gasteiger partial charge in [-0.2, -0.15) is 0 Å². The summed E-state index contributed by atoms with van der Waals surface area (Å²) in [6.45, 7) is 8.89. The van der Waals surface area contributed by atoms with Crippen molar-refractivity contribution in [2.24, 2.45) is 0 Å². The molecule has 4 heteroatoms. The number of benzene rings is 7. The maximum atomic E-state index is 6.21. The van der Waals surface area contributed by atoms with E-state index in [0.717, 1.165) is 75.9 Å². The van der Waals surface area contributed by atoms with Gasteiger partial charge in [-0.05, 0) is 171 Å². The van der Waals surface area contributed by atoms with E-state index in [0.29, 0.717) is 0 Å². The number of anilines is 9. The van der Waals surface area contributed by atoms with Gasteiger partial charge >= 0.3 is 0 Å². The maximum absolute atomic E-state index is 6.21. The summed E-state index contributed by atoms with van der Waals surface area (Å²) in [5, 5.41) is 0. The molecule has 3 nitrogen and oxygen atoms in total. The zero-order valence-electron chi connectivity index (χ0n) is 35.4. The van der Waals surface area contributed by atoms with E-state index in [1.54, 1.807) is 0 Å². The van der Waals surface area contributed by atoms with Gasteiger partial charge in [0.05, 0.1) is 0 Å². The molecule has 7 aromatic rings. The summed E-state index contributed by atoms with van der Waals surface area (Å²) >= 11 is 0. The molecule has 296 valence electrons. The molecule has 0 saturated carbocycles. The lowest BCUT2D eigenvalue weighted by Gasteiger charge is -2.29. The van der Waals surface area contributed by atoms with Crippen molar-refractivity contribution in [1.29, 1.82) is 0 Å². The summed E-state index contributed by atoms with van der Waals surface area (Å²) in [6, 6.07) is 62.1. The Balaban J connectivity index is 1.24. The second-order valence-electron chi connectivity index (χ2n) is 15.8. The molecule has 7 aromatic carbocycles. The van der Waals surface area contributed by atoms with Crippen LogP contribution in [0.1, 0.15) is 81.5 Å². The molecule has 0 aliphatic rings. The third-order valence-corrected chi connectivity index (χ3v) is 11.2. The molecule has 0 amide bonds. The molecule has 0 spiro atoms. The summed E-state index contributed by atoms with van der Waals surface area (Å²) in [5.74, 6) is 0. The third kappa shape index (κ3) is 10.4. The second-order valence-corrected chi connectivity index (χ2v) is 15.8. The molecule has 2 radical (unpaired) electrons. The van der Waals surface area contributed by atoms with Crippen molar-refractivity contribution in [2.75, 3.05) is 14.7 Å². The Labute approximate surface area is 355 Å². The van der Waals surface area contributed by atoms with Crippen LogP contribution in [-0.4, -0.2) is 7.85 Å². The molecule has 0 N–H and O–H groups in total. The van der Waals surface area contributed by atoms with Crippen molar-refractivity contribution in [1.82, 2.24) is 0 Å². The van der Waals surface area contributed by atoms with Crippen molar-refractivity contribution in [3.05, 3.63) is 192 Å². The van der Waals surface area contributed by atoms with E-state index in [1.807, 2.05) is 12.1 Å². The molecular weight excluding hydrogens is 713 g/mol. The van der Waals surface area contributed by atoms with Gasteiger partial charge in [-0.25, -0.2) is 0 Å². The van der Waals surface area contributed by atoms with Gasteiger partial charge in [0.2, 0.25) is 0 Å². The number of rotatable bonds is 18. The largest absolute Gasteiger partial charge is 0.311 e. The first-order valence-electron chi connectivity index (χ1n) is 21.7. The fourth-order valence-corrected chi connectivity index (χ4v) is 7.74. The van der Waals surface area contributed by atoms with Crippen LogP contribution in [0, 0.1) is 6.92 Å². The van der Waals surface area contributed by atoms with Crippen molar-refractivity contribution in [3.63, 3.8) is 0 Å². The fourth-order valence-electron chi connectivity index (χ4n) is 7.74. The van der Waals surface area contributed by atoms with Crippen LogP contribution in [-0.2, 0) is 19.3 Å². The van der Waals surface area contributed by atoms with Crippen molar-refractivity contribution in [2.45, 2.75) is 85.5 Å². The Morgan fingerprint density at radius 3 is 0.746 bits per heavy atom. The van der Waals surface area contributed by atoms with Gasteiger partial charge < -0.3 is 14.7 Å². The van der Waals surface area contributed by atoms with Crippen LogP contribution in [0.5, 0.6) is 0 Å². The van der Waals surface area contributed by atoms with Gasteiger partial charge in [0, 0.05) is 51.2 Å². The van der Waals surface area contributed by atoms with E-state index in [9.17, 15) is 0 Å². The van der Waals surface area contributed by atoms with Gasteiger partial charge in [0.15, 0.2) is 0 Å². The molecule has 0 bridgehead atoms. The third-order valence-electron chi connectivity index (χ3n) is 11.2. The molecule has 0 aliphatic carbocycles. The number of aryl methyl sites for hydroxylation is 4. The van der Waals surface area contributed by atoms with Gasteiger partial charge in [0.1, 0.15) is 7.85 Å². The highest BCUT2D eigenvalue weighted by Crippen LogP contribution is 2.41. The molecule has 0 fully saturated rings. The quantitative estimate of drug-likeness (QED) is 0.0805. The fraction of sp³-hybridized carbons (Fsp3) is 0.236. The Kier molecular flexibility index (Phi) is 14.0. The summed E-state index contributed by atoms with van der Waals surface area (Å²) in [7, 11) is 6.21. The molecule has 0 aromatic heterocycles. The summed E-state index contributed by atoms with van der Waals surface area (Å²) in [6.07, 6.45) is 10.5. The highest BCUT2D eigenvalue weighted by atomic mass is 15.2. The Morgan fingerprint density at radius 1 is 0.305 bits per heavy atom. The van der Waals surface area contributed by atoms with Crippen LogP contribution >= 0.6 is 0 Å². The molecule has 0 atom stereocenters. The van der Waals surface area contributed by atoms with Crippen LogP contribution in [0.15, 0.2) is 170 Å². The van der Waals surface area contributed by atoms with E-state index in [-0.39, 0.29) is 0 Å². The van der Waals surface area contributed by atoms with E-state index in [2.05, 4.69) is 200 Å². The van der Waals surface area contributed by atoms with Crippen molar-refractivity contribution >= 4 is 64.5 Å². The average Bonchev–Trinajstić information content (AvgIpc) is 3.28. The molecule has 0 unspecified atom stereocenters. The Hall–Kier alpha value is -6.00. The van der Waals surface area contributed by atoms with Crippen LogP contribution in [0.2, 0.25) is 0 Å². The van der Waals surface area contributed by atoms with E-state index in [4.69, 9.17) is 7.85 Å².